The topological polar surface area (TPSA) is 9.23 Å². The lowest BCUT2D eigenvalue weighted by molar-refractivity contribution is 0.274. The van der Waals surface area contributed by atoms with Gasteiger partial charge in [-0.2, -0.15) is 0 Å². The van der Waals surface area contributed by atoms with Gasteiger partial charge < -0.3 is 4.74 Å². The summed E-state index contributed by atoms with van der Waals surface area (Å²) in [4.78, 5) is 0. The van der Waals surface area contributed by atoms with Crippen molar-refractivity contribution in [2.45, 2.75) is 44.4 Å². The van der Waals surface area contributed by atoms with Crippen LogP contribution in [0, 0.1) is 5.82 Å². The van der Waals surface area contributed by atoms with Gasteiger partial charge in [-0.05, 0) is 50.3 Å². The number of fused-ring (bicyclic) bond motifs is 1. The second-order valence-electron chi connectivity index (χ2n) is 5.77. The molecule has 0 amide bonds. The predicted octanol–water partition coefficient (Wildman–Crippen LogP) is 4.37. The summed E-state index contributed by atoms with van der Waals surface area (Å²) in [5.41, 5.74) is 2.50. The molecule has 1 aliphatic heterocycles. The molecule has 96 valence electrons. The lowest BCUT2D eigenvalue weighted by atomic mass is 9.77. The smallest absolute Gasteiger partial charge is 0.123 e. The molecule has 1 aromatic carbocycles. The van der Waals surface area contributed by atoms with Gasteiger partial charge >= 0.3 is 0 Å². The first kappa shape index (κ1) is 11.8. The molecule has 0 N–H and O–H groups in total. The third-order valence-corrected chi connectivity index (χ3v) is 4.14. The Labute approximate surface area is 108 Å². The fourth-order valence-electron chi connectivity index (χ4n) is 3.13. The third kappa shape index (κ3) is 2.05. The van der Waals surface area contributed by atoms with Gasteiger partial charge in [0.2, 0.25) is 0 Å². The molecular formula is C16H19FO. The molecule has 1 atom stereocenters. The van der Waals surface area contributed by atoms with Gasteiger partial charge in [0, 0.05) is 11.0 Å². The highest BCUT2D eigenvalue weighted by atomic mass is 19.1. The quantitative estimate of drug-likeness (QED) is 0.704. The minimum atomic E-state index is -0.164. The number of hydrogen-bond donors (Lipinski definition) is 0. The molecule has 0 saturated carbocycles. The summed E-state index contributed by atoms with van der Waals surface area (Å²) in [5, 5.41) is 0. The zero-order valence-corrected chi connectivity index (χ0v) is 10.8. The first-order valence-corrected chi connectivity index (χ1v) is 6.78. The molecular weight excluding hydrogens is 227 g/mol. The van der Waals surface area contributed by atoms with E-state index >= 15 is 0 Å². The highest BCUT2D eigenvalue weighted by Crippen LogP contribution is 2.43. The maximum atomic E-state index is 13.4. The largest absolute Gasteiger partial charge is 0.492 e. The van der Waals surface area contributed by atoms with Crippen LogP contribution >= 0.6 is 0 Å². The van der Waals surface area contributed by atoms with E-state index in [0.717, 1.165) is 17.7 Å². The van der Waals surface area contributed by atoms with Crippen LogP contribution in [0.15, 0.2) is 29.8 Å². The Morgan fingerprint density at radius 3 is 3.00 bits per heavy atom. The standard InChI is InChI=1S/C16H19FO/c1-16(10-12-5-3-2-4-6-12)11-18-15-8-7-13(17)9-14(15)16/h5,7-9H,2-4,6,10-11H2,1H3/t16-/m0/s1. The maximum absolute atomic E-state index is 13.4. The van der Waals surface area contributed by atoms with Gasteiger partial charge in [-0.15, -0.1) is 0 Å². The van der Waals surface area contributed by atoms with Gasteiger partial charge in [-0.3, -0.25) is 0 Å². The van der Waals surface area contributed by atoms with Crippen LogP contribution in [-0.2, 0) is 5.41 Å². The van der Waals surface area contributed by atoms with Crippen molar-refractivity contribution < 1.29 is 9.13 Å². The molecule has 0 unspecified atom stereocenters. The normalized spacial score (nSPS) is 26.4. The molecule has 0 radical (unpaired) electrons. The second kappa shape index (κ2) is 4.42. The number of halogens is 1. The average molecular weight is 246 g/mol. The molecule has 0 saturated heterocycles. The number of benzene rings is 1. The van der Waals surface area contributed by atoms with E-state index < -0.39 is 0 Å². The Morgan fingerprint density at radius 2 is 2.22 bits per heavy atom. The predicted molar refractivity (Wildman–Crippen MR) is 70.4 cm³/mol. The fourth-order valence-corrected chi connectivity index (χ4v) is 3.13. The molecule has 1 aromatic rings. The number of hydrogen-bond acceptors (Lipinski definition) is 1. The van der Waals surface area contributed by atoms with Crippen molar-refractivity contribution >= 4 is 0 Å². The van der Waals surface area contributed by atoms with E-state index in [9.17, 15) is 4.39 Å². The third-order valence-electron chi connectivity index (χ3n) is 4.14. The van der Waals surface area contributed by atoms with Crippen molar-refractivity contribution in [3.8, 4) is 5.75 Å². The highest BCUT2D eigenvalue weighted by Gasteiger charge is 2.37. The minimum absolute atomic E-state index is 0.0550. The van der Waals surface area contributed by atoms with E-state index in [1.165, 1.54) is 37.3 Å². The summed E-state index contributed by atoms with van der Waals surface area (Å²) >= 11 is 0. The van der Waals surface area contributed by atoms with E-state index in [2.05, 4.69) is 13.0 Å². The van der Waals surface area contributed by atoms with Gasteiger partial charge in [0.25, 0.3) is 0 Å². The van der Waals surface area contributed by atoms with Gasteiger partial charge in [0.15, 0.2) is 0 Å². The molecule has 1 nitrogen and oxygen atoms in total. The van der Waals surface area contributed by atoms with Crippen molar-refractivity contribution in [1.29, 1.82) is 0 Å². The summed E-state index contributed by atoms with van der Waals surface area (Å²) in [6.45, 7) is 2.86. The van der Waals surface area contributed by atoms with Crippen LogP contribution in [0.1, 0.15) is 44.6 Å². The Kier molecular flexibility index (Phi) is 2.89. The van der Waals surface area contributed by atoms with Crippen LogP contribution in [0.2, 0.25) is 0 Å². The number of allylic oxidation sites excluding steroid dienone is 2. The highest BCUT2D eigenvalue weighted by molar-refractivity contribution is 5.44. The van der Waals surface area contributed by atoms with Crippen molar-refractivity contribution in [2.24, 2.45) is 0 Å². The second-order valence-corrected chi connectivity index (χ2v) is 5.77. The molecule has 0 spiro atoms. The Morgan fingerprint density at radius 1 is 1.33 bits per heavy atom. The molecule has 0 fully saturated rings. The van der Waals surface area contributed by atoms with Crippen LogP contribution in [0.5, 0.6) is 5.75 Å². The fraction of sp³-hybridized carbons (Fsp3) is 0.500. The molecule has 0 aromatic heterocycles. The zero-order chi connectivity index (χ0) is 12.6. The molecule has 2 heteroatoms. The summed E-state index contributed by atoms with van der Waals surface area (Å²) in [7, 11) is 0. The van der Waals surface area contributed by atoms with Crippen LogP contribution in [0.3, 0.4) is 0 Å². The van der Waals surface area contributed by atoms with Gasteiger partial charge in [0.1, 0.15) is 11.6 Å². The van der Waals surface area contributed by atoms with Crippen molar-refractivity contribution in [3.05, 3.63) is 41.2 Å². The van der Waals surface area contributed by atoms with E-state index in [0.29, 0.717) is 6.61 Å². The van der Waals surface area contributed by atoms with Gasteiger partial charge in [-0.1, -0.05) is 18.6 Å². The molecule has 2 aliphatic rings. The van der Waals surface area contributed by atoms with Gasteiger partial charge in [0.05, 0.1) is 6.61 Å². The number of ether oxygens (including phenoxy) is 1. The summed E-state index contributed by atoms with van der Waals surface area (Å²) in [6.07, 6.45) is 8.36. The monoisotopic (exact) mass is 246 g/mol. The zero-order valence-electron chi connectivity index (χ0n) is 10.8. The molecule has 0 bridgehead atoms. The summed E-state index contributed by atoms with van der Waals surface area (Å²) in [5.74, 6) is 0.693. The van der Waals surface area contributed by atoms with E-state index in [1.54, 1.807) is 12.1 Å². The Bertz CT molecular complexity index is 492. The lowest BCUT2D eigenvalue weighted by Gasteiger charge is -2.26. The minimum Gasteiger partial charge on any atom is -0.492 e. The first-order valence-electron chi connectivity index (χ1n) is 6.78. The van der Waals surface area contributed by atoms with Gasteiger partial charge in [-0.25, -0.2) is 4.39 Å². The van der Waals surface area contributed by atoms with Crippen LogP contribution in [0.4, 0.5) is 4.39 Å². The van der Waals surface area contributed by atoms with E-state index in [4.69, 9.17) is 4.74 Å². The Hall–Kier alpha value is -1.31. The molecule has 3 rings (SSSR count). The summed E-state index contributed by atoms with van der Waals surface area (Å²) in [6, 6.07) is 4.88. The lowest BCUT2D eigenvalue weighted by Crippen LogP contribution is -2.25. The summed E-state index contributed by atoms with van der Waals surface area (Å²) < 4.78 is 19.1. The van der Waals surface area contributed by atoms with Crippen LogP contribution in [-0.4, -0.2) is 6.61 Å². The SMILES string of the molecule is C[C@]1(CC2=CCCCC2)COc2ccc(F)cc21. The molecule has 1 aliphatic carbocycles. The average Bonchev–Trinajstić information content (AvgIpc) is 2.68. The van der Waals surface area contributed by atoms with Crippen LogP contribution in [0.25, 0.3) is 0 Å². The van der Waals surface area contributed by atoms with Crippen LogP contribution < -0.4 is 4.74 Å². The van der Waals surface area contributed by atoms with E-state index in [1.807, 2.05) is 0 Å². The Balaban J connectivity index is 1.88. The van der Waals surface area contributed by atoms with Crippen molar-refractivity contribution in [1.82, 2.24) is 0 Å². The maximum Gasteiger partial charge on any atom is 0.123 e. The number of rotatable bonds is 2. The van der Waals surface area contributed by atoms with E-state index in [-0.39, 0.29) is 11.2 Å². The van der Waals surface area contributed by atoms with Crippen molar-refractivity contribution in [3.63, 3.8) is 0 Å². The first-order chi connectivity index (χ1) is 8.67. The van der Waals surface area contributed by atoms with Crippen molar-refractivity contribution in [2.75, 3.05) is 6.61 Å². The molecule has 1 heterocycles. The molecule has 18 heavy (non-hydrogen) atoms.